The molecular formula is C15H33O3Ti. The van der Waals surface area contributed by atoms with Crippen LogP contribution in [0.4, 0.5) is 0 Å². The van der Waals surface area contributed by atoms with Crippen LogP contribution in [0.3, 0.4) is 0 Å². The van der Waals surface area contributed by atoms with E-state index in [1.807, 2.05) is 0 Å². The fourth-order valence-electron chi connectivity index (χ4n) is 0.707. The molecule has 0 amide bonds. The largest absolute Gasteiger partial charge is 3.00 e. The quantitative estimate of drug-likeness (QED) is 0.692. The average Bonchev–Trinajstić information content (AvgIpc) is 2.18. The second-order valence-electron chi connectivity index (χ2n) is 5.66. The molecule has 0 rings (SSSR count). The van der Waals surface area contributed by atoms with E-state index in [1.165, 1.54) is 0 Å². The summed E-state index contributed by atoms with van der Waals surface area (Å²) in [6.45, 7) is 12.6. The topological polar surface area (TPSA) is 69.2 Å². The monoisotopic (exact) mass is 309 g/mol. The zero-order valence-electron chi connectivity index (χ0n) is 13.7. The number of hydrogen-bond acceptors (Lipinski definition) is 3. The predicted molar refractivity (Wildman–Crippen MR) is 73.0 cm³/mol. The van der Waals surface area contributed by atoms with Gasteiger partial charge in [0.2, 0.25) is 0 Å². The smallest absolute Gasteiger partial charge is 0.854 e. The van der Waals surface area contributed by atoms with Gasteiger partial charge in [0.05, 0.1) is 0 Å². The Balaban J connectivity index is -0.0000000865. The summed E-state index contributed by atoms with van der Waals surface area (Å²) in [4.78, 5) is 0. The van der Waals surface area contributed by atoms with E-state index in [9.17, 15) is 15.3 Å². The van der Waals surface area contributed by atoms with Crippen molar-refractivity contribution < 1.29 is 37.0 Å². The maximum Gasteiger partial charge on any atom is 3.00 e. The molecule has 0 aliphatic heterocycles. The van der Waals surface area contributed by atoms with E-state index in [2.05, 4.69) is 41.5 Å². The fourth-order valence-corrected chi connectivity index (χ4v) is 0.707. The second kappa shape index (κ2) is 23.7. The van der Waals surface area contributed by atoms with Crippen LogP contribution in [0.15, 0.2) is 0 Å². The third-order valence-electron chi connectivity index (χ3n) is 2.09. The normalized spacial score (nSPS) is 9.47. The van der Waals surface area contributed by atoms with Crippen LogP contribution in [0.1, 0.15) is 60.8 Å². The molecule has 19 heavy (non-hydrogen) atoms. The van der Waals surface area contributed by atoms with Crippen molar-refractivity contribution >= 4 is 0 Å². The predicted octanol–water partition coefficient (Wildman–Crippen LogP) is 1.18. The average molecular weight is 309 g/mol. The van der Waals surface area contributed by atoms with E-state index >= 15 is 0 Å². The minimum absolute atomic E-state index is 0. The molecule has 0 N–H and O–H groups in total. The molecule has 4 heteroatoms. The third kappa shape index (κ3) is 55.6. The van der Waals surface area contributed by atoms with E-state index in [4.69, 9.17) is 0 Å². The van der Waals surface area contributed by atoms with Crippen molar-refractivity contribution in [3.8, 4) is 0 Å². The Labute approximate surface area is 135 Å². The Hall–Kier alpha value is 0.594. The molecule has 0 aliphatic carbocycles. The Morgan fingerprint density at radius 1 is 0.526 bits per heavy atom. The van der Waals surface area contributed by atoms with E-state index in [0.29, 0.717) is 17.8 Å². The van der Waals surface area contributed by atoms with E-state index in [0.717, 1.165) is 19.3 Å². The molecule has 0 saturated carbocycles. The van der Waals surface area contributed by atoms with Gasteiger partial charge in [-0.15, -0.1) is 19.8 Å². The molecule has 0 saturated heterocycles. The molecule has 0 aromatic heterocycles. The summed E-state index contributed by atoms with van der Waals surface area (Å²) in [6.07, 6.45) is 2.46. The van der Waals surface area contributed by atoms with Gasteiger partial charge in [0.25, 0.3) is 0 Å². The van der Waals surface area contributed by atoms with Crippen molar-refractivity contribution in [3.63, 3.8) is 0 Å². The van der Waals surface area contributed by atoms with Gasteiger partial charge in [-0.3, -0.25) is 0 Å². The minimum atomic E-state index is 0. The van der Waals surface area contributed by atoms with Gasteiger partial charge in [-0.1, -0.05) is 60.8 Å². The first kappa shape index (κ1) is 27.9. The first-order chi connectivity index (χ1) is 8.31. The fraction of sp³-hybridized carbons (Fsp3) is 1.00. The van der Waals surface area contributed by atoms with Crippen molar-refractivity contribution in [2.24, 2.45) is 17.8 Å². The first-order valence-corrected chi connectivity index (χ1v) is 7.05. The van der Waals surface area contributed by atoms with Crippen LogP contribution in [0.2, 0.25) is 0 Å². The summed E-state index contributed by atoms with van der Waals surface area (Å²) < 4.78 is 0. The Kier molecular flexibility index (Phi) is 34.7. The molecular weight excluding hydrogens is 276 g/mol. The minimum Gasteiger partial charge on any atom is -0.854 e. The van der Waals surface area contributed by atoms with Gasteiger partial charge < -0.3 is 15.3 Å². The second-order valence-corrected chi connectivity index (χ2v) is 5.66. The summed E-state index contributed by atoms with van der Waals surface area (Å²) in [6, 6.07) is 0. The SMILES string of the molecule is CC(C)CC[O-].CC(C)CC[O-].CC(C)CC[O-].[Ti+3]. The molecule has 1 radical (unpaired) electrons. The van der Waals surface area contributed by atoms with Gasteiger partial charge in [-0.05, 0) is 17.8 Å². The van der Waals surface area contributed by atoms with E-state index in [1.54, 1.807) is 0 Å². The van der Waals surface area contributed by atoms with Crippen LogP contribution in [-0.2, 0) is 21.7 Å². The summed E-state index contributed by atoms with van der Waals surface area (Å²) in [5, 5.41) is 29.2. The van der Waals surface area contributed by atoms with Gasteiger partial charge in [-0.25, -0.2) is 0 Å². The van der Waals surface area contributed by atoms with Crippen LogP contribution in [0.5, 0.6) is 0 Å². The molecule has 0 atom stereocenters. The van der Waals surface area contributed by atoms with Gasteiger partial charge in [0.1, 0.15) is 0 Å². The van der Waals surface area contributed by atoms with Gasteiger partial charge in [0, 0.05) is 0 Å². The van der Waals surface area contributed by atoms with Crippen LogP contribution in [0, 0.1) is 17.8 Å². The van der Waals surface area contributed by atoms with Crippen molar-refractivity contribution in [1.82, 2.24) is 0 Å². The molecule has 3 nitrogen and oxygen atoms in total. The van der Waals surface area contributed by atoms with Crippen molar-refractivity contribution in [2.75, 3.05) is 19.8 Å². The molecule has 0 bridgehead atoms. The zero-order valence-corrected chi connectivity index (χ0v) is 15.3. The summed E-state index contributed by atoms with van der Waals surface area (Å²) >= 11 is 0. The maximum atomic E-state index is 9.74. The molecule has 0 heterocycles. The van der Waals surface area contributed by atoms with Crippen LogP contribution < -0.4 is 15.3 Å². The number of hydrogen-bond donors (Lipinski definition) is 0. The third-order valence-corrected chi connectivity index (χ3v) is 2.09. The zero-order chi connectivity index (χ0) is 15.0. The molecule has 0 aromatic carbocycles. The van der Waals surface area contributed by atoms with Crippen LogP contribution in [0.25, 0.3) is 0 Å². The van der Waals surface area contributed by atoms with Crippen molar-refractivity contribution in [3.05, 3.63) is 0 Å². The Morgan fingerprint density at radius 3 is 0.684 bits per heavy atom. The Bertz CT molecular complexity index is 105. The van der Waals surface area contributed by atoms with Crippen LogP contribution >= 0.6 is 0 Å². The standard InChI is InChI=1S/3C5H11O.Ti/c3*1-5(2)3-4-6;/h3*5H,3-4H2,1-2H3;/q3*-1;+3. The molecule has 0 aliphatic rings. The summed E-state index contributed by atoms with van der Waals surface area (Å²) in [5.41, 5.74) is 0. The molecule has 0 fully saturated rings. The molecule has 0 spiro atoms. The van der Waals surface area contributed by atoms with Crippen molar-refractivity contribution in [1.29, 1.82) is 0 Å². The molecule has 0 aromatic rings. The van der Waals surface area contributed by atoms with Gasteiger partial charge in [-0.2, -0.15) is 0 Å². The van der Waals surface area contributed by atoms with E-state index in [-0.39, 0.29) is 41.5 Å². The van der Waals surface area contributed by atoms with Gasteiger partial charge >= 0.3 is 21.7 Å². The first-order valence-electron chi connectivity index (χ1n) is 7.05. The van der Waals surface area contributed by atoms with Crippen molar-refractivity contribution in [2.45, 2.75) is 60.8 Å². The maximum absolute atomic E-state index is 9.74. The van der Waals surface area contributed by atoms with Crippen LogP contribution in [-0.4, -0.2) is 19.8 Å². The molecule has 0 unspecified atom stereocenters. The summed E-state index contributed by atoms with van der Waals surface area (Å²) in [5.74, 6) is 1.76. The molecule has 115 valence electrons. The van der Waals surface area contributed by atoms with E-state index < -0.39 is 0 Å². The number of rotatable bonds is 6. The summed E-state index contributed by atoms with van der Waals surface area (Å²) in [7, 11) is 0. The van der Waals surface area contributed by atoms with Gasteiger partial charge in [0.15, 0.2) is 0 Å². The Morgan fingerprint density at radius 2 is 0.684 bits per heavy atom.